The summed E-state index contributed by atoms with van der Waals surface area (Å²) in [4.78, 5) is 11.2. The maximum absolute atomic E-state index is 11.2. The Bertz CT molecular complexity index is 416. The van der Waals surface area contributed by atoms with Gasteiger partial charge in [0.2, 0.25) is 0 Å². The van der Waals surface area contributed by atoms with Crippen LogP contribution in [-0.4, -0.2) is 26.8 Å². The fraction of sp³-hybridized carbons (Fsp3) is 0.400. The molecule has 0 aliphatic rings. The Kier molecular flexibility index (Phi) is 6.50. The van der Waals surface area contributed by atoms with E-state index < -0.39 is 0 Å². The smallest absolute Gasteiger partial charge is 0.306 e. The number of ether oxygens (including phenoxy) is 3. The summed E-state index contributed by atoms with van der Waals surface area (Å²) in [7, 11) is 3.23. The van der Waals surface area contributed by atoms with Crippen LogP contribution < -0.4 is 9.47 Å². The number of carbonyl (C=O) groups excluding carboxylic acids is 1. The Balaban J connectivity index is 2.58. The normalized spacial score (nSPS) is 10.5. The standard InChI is InChI=1S/C15H20O4/c1-4-19-15(16)8-6-5-7-12-9-13(17-2)11-14(10-12)18-3/h5,7,9-11H,4,6,8H2,1-3H3/b7-5+. The Morgan fingerprint density at radius 1 is 1.16 bits per heavy atom. The molecule has 0 radical (unpaired) electrons. The van der Waals surface area contributed by atoms with Crippen LogP contribution in [0.25, 0.3) is 6.08 Å². The first-order valence-electron chi connectivity index (χ1n) is 6.24. The summed E-state index contributed by atoms with van der Waals surface area (Å²) >= 11 is 0. The molecule has 1 aromatic carbocycles. The summed E-state index contributed by atoms with van der Waals surface area (Å²) in [5.74, 6) is 1.31. The third kappa shape index (κ3) is 5.46. The number of hydrogen-bond acceptors (Lipinski definition) is 4. The van der Waals surface area contributed by atoms with Gasteiger partial charge in [0.1, 0.15) is 11.5 Å². The van der Waals surface area contributed by atoms with Crippen LogP contribution in [0, 0.1) is 0 Å². The van der Waals surface area contributed by atoms with Crippen molar-refractivity contribution in [3.63, 3.8) is 0 Å². The highest BCUT2D eigenvalue weighted by atomic mass is 16.5. The van der Waals surface area contributed by atoms with Crippen molar-refractivity contribution in [1.29, 1.82) is 0 Å². The third-order valence-corrected chi connectivity index (χ3v) is 2.50. The van der Waals surface area contributed by atoms with Gasteiger partial charge in [0, 0.05) is 12.5 Å². The SMILES string of the molecule is CCOC(=O)CC/C=C/c1cc(OC)cc(OC)c1. The maximum atomic E-state index is 11.2. The van der Waals surface area contributed by atoms with E-state index in [0.717, 1.165) is 17.1 Å². The van der Waals surface area contributed by atoms with Crippen molar-refractivity contribution in [1.82, 2.24) is 0 Å². The summed E-state index contributed by atoms with van der Waals surface area (Å²) in [6.45, 7) is 2.23. The average molecular weight is 264 g/mol. The molecule has 0 bridgehead atoms. The maximum Gasteiger partial charge on any atom is 0.306 e. The first-order valence-corrected chi connectivity index (χ1v) is 6.24. The molecule has 0 atom stereocenters. The summed E-state index contributed by atoms with van der Waals surface area (Å²) in [5, 5.41) is 0. The molecule has 0 heterocycles. The number of hydrogen-bond donors (Lipinski definition) is 0. The van der Waals surface area contributed by atoms with Crippen molar-refractivity contribution in [3.05, 3.63) is 29.8 Å². The van der Waals surface area contributed by atoms with E-state index >= 15 is 0 Å². The highest BCUT2D eigenvalue weighted by molar-refractivity contribution is 5.69. The van der Waals surface area contributed by atoms with E-state index in [1.807, 2.05) is 30.4 Å². The minimum atomic E-state index is -0.171. The molecule has 0 unspecified atom stereocenters. The molecule has 0 spiro atoms. The van der Waals surface area contributed by atoms with Crippen molar-refractivity contribution >= 4 is 12.0 Å². The predicted molar refractivity (Wildman–Crippen MR) is 74.4 cm³/mol. The van der Waals surface area contributed by atoms with Gasteiger partial charge in [-0.25, -0.2) is 0 Å². The summed E-state index contributed by atoms with van der Waals surface area (Å²) < 4.78 is 15.2. The van der Waals surface area contributed by atoms with E-state index in [2.05, 4.69) is 0 Å². The third-order valence-electron chi connectivity index (χ3n) is 2.50. The van der Waals surface area contributed by atoms with Crippen molar-refractivity contribution < 1.29 is 19.0 Å². The summed E-state index contributed by atoms with van der Waals surface area (Å²) in [6, 6.07) is 5.63. The number of methoxy groups -OCH3 is 2. The first-order chi connectivity index (χ1) is 9.19. The molecule has 0 aliphatic carbocycles. The molecule has 0 aromatic heterocycles. The highest BCUT2D eigenvalue weighted by Gasteiger charge is 2.00. The molecule has 19 heavy (non-hydrogen) atoms. The van der Waals surface area contributed by atoms with Crippen molar-refractivity contribution in [2.24, 2.45) is 0 Å². The van der Waals surface area contributed by atoms with Crippen LogP contribution in [0.5, 0.6) is 11.5 Å². The lowest BCUT2D eigenvalue weighted by Gasteiger charge is -2.05. The topological polar surface area (TPSA) is 44.8 Å². The summed E-state index contributed by atoms with van der Waals surface area (Å²) in [5.41, 5.74) is 0.972. The molecular weight excluding hydrogens is 244 g/mol. The van der Waals surface area contributed by atoms with Crippen molar-refractivity contribution in [2.45, 2.75) is 19.8 Å². The van der Waals surface area contributed by atoms with Gasteiger partial charge in [0.05, 0.1) is 20.8 Å². The van der Waals surface area contributed by atoms with Gasteiger partial charge in [-0.3, -0.25) is 4.79 Å². The largest absolute Gasteiger partial charge is 0.497 e. The van der Waals surface area contributed by atoms with E-state index in [9.17, 15) is 4.79 Å². The molecule has 0 amide bonds. The van der Waals surface area contributed by atoms with Gasteiger partial charge in [-0.1, -0.05) is 12.2 Å². The van der Waals surface area contributed by atoms with E-state index in [0.29, 0.717) is 19.4 Å². The number of esters is 1. The van der Waals surface area contributed by atoms with Crippen LogP contribution in [0.15, 0.2) is 24.3 Å². The van der Waals surface area contributed by atoms with Crippen molar-refractivity contribution in [2.75, 3.05) is 20.8 Å². The molecule has 1 aromatic rings. The fourth-order valence-corrected chi connectivity index (χ4v) is 1.58. The Morgan fingerprint density at radius 3 is 2.32 bits per heavy atom. The molecule has 0 fully saturated rings. The molecule has 0 saturated heterocycles. The van der Waals surface area contributed by atoms with Gasteiger partial charge >= 0.3 is 5.97 Å². The molecule has 0 saturated carbocycles. The quantitative estimate of drug-likeness (QED) is 0.710. The monoisotopic (exact) mass is 264 g/mol. The molecule has 0 aliphatic heterocycles. The van der Waals surface area contributed by atoms with E-state index in [4.69, 9.17) is 14.2 Å². The predicted octanol–water partition coefficient (Wildman–Crippen LogP) is 3.06. The van der Waals surface area contributed by atoms with Gasteiger partial charge < -0.3 is 14.2 Å². The highest BCUT2D eigenvalue weighted by Crippen LogP contribution is 2.23. The van der Waals surface area contributed by atoms with Crippen LogP contribution in [0.2, 0.25) is 0 Å². The molecule has 0 N–H and O–H groups in total. The molecule has 1 rings (SSSR count). The van der Waals surface area contributed by atoms with E-state index in [1.54, 1.807) is 21.1 Å². The van der Waals surface area contributed by atoms with Crippen LogP contribution in [-0.2, 0) is 9.53 Å². The number of carbonyl (C=O) groups is 1. The van der Waals surface area contributed by atoms with Gasteiger partial charge in [0.25, 0.3) is 0 Å². The molecular formula is C15H20O4. The van der Waals surface area contributed by atoms with Crippen LogP contribution in [0.3, 0.4) is 0 Å². The second-order valence-electron chi connectivity index (χ2n) is 3.89. The van der Waals surface area contributed by atoms with E-state index in [1.165, 1.54) is 0 Å². The second-order valence-corrected chi connectivity index (χ2v) is 3.89. The average Bonchev–Trinajstić information content (AvgIpc) is 2.43. The Morgan fingerprint density at radius 2 is 1.79 bits per heavy atom. The zero-order valence-electron chi connectivity index (χ0n) is 11.6. The van der Waals surface area contributed by atoms with Crippen molar-refractivity contribution in [3.8, 4) is 11.5 Å². The van der Waals surface area contributed by atoms with Gasteiger partial charge in [-0.2, -0.15) is 0 Å². The lowest BCUT2D eigenvalue weighted by Crippen LogP contribution is -2.02. The number of allylic oxidation sites excluding steroid dienone is 1. The first kappa shape index (κ1) is 15.1. The zero-order chi connectivity index (χ0) is 14.1. The van der Waals surface area contributed by atoms with Crippen LogP contribution >= 0.6 is 0 Å². The van der Waals surface area contributed by atoms with Crippen LogP contribution in [0.1, 0.15) is 25.3 Å². The Labute approximate surface area is 114 Å². The summed E-state index contributed by atoms with van der Waals surface area (Å²) in [6.07, 6.45) is 4.92. The molecule has 104 valence electrons. The zero-order valence-corrected chi connectivity index (χ0v) is 11.6. The van der Waals surface area contributed by atoms with E-state index in [-0.39, 0.29) is 5.97 Å². The lowest BCUT2D eigenvalue weighted by molar-refractivity contribution is -0.142. The van der Waals surface area contributed by atoms with Gasteiger partial charge in [0.15, 0.2) is 0 Å². The van der Waals surface area contributed by atoms with Crippen LogP contribution in [0.4, 0.5) is 0 Å². The molecule has 4 nitrogen and oxygen atoms in total. The Hall–Kier alpha value is -1.97. The number of benzene rings is 1. The van der Waals surface area contributed by atoms with Gasteiger partial charge in [-0.05, 0) is 31.0 Å². The van der Waals surface area contributed by atoms with Gasteiger partial charge in [-0.15, -0.1) is 0 Å². The molecule has 4 heteroatoms. The lowest BCUT2D eigenvalue weighted by atomic mass is 10.1. The number of rotatable bonds is 7. The minimum Gasteiger partial charge on any atom is -0.497 e. The second kappa shape index (κ2) is 8.19. The fourth-order valence-electron chi connectivity index (χ4n) is 1.58. The minimum absolute atomic E-state index is 0.171.